The first-order chi connectivity index (χ1) is 12.1. The van der Waals surface area contributed by atoms with Gasteiger partial charge in [0.2, 0.25) is 0 Å². The Balaban J connectivity index is 1.51. The molecule has 1 aromatic carbocycles. The maximum Gasteiger partial charge on any atom is 0.183 e. The third-order valence-corrected chi connectivity index (χ3v) is 8.29. The Morgan fingerprint density at radius 2 is 2.08 bits per heavy atom. The van der Waals surface area contributed by atoms with Crippen LogP contribution in [0.4, 0.5) is 0 Å². The highest BCUT2D eigenvalue weighted by Gasteiger charge is 2.50. The van der Waals surface area contributed by atoms with E-state index in [1.165, 1.54) is 5.56 Å². The largest absolute Gasteiger partial charge is 0.472 e. The van der Waals surface area contributed by atoms with Crippen molar-refractivity contribution >= 4 is 21.2 Å². The number of hydrogen-bond acceptors (Lipinski definition) is 5. The summed E-state index contributed by atoms with van der Waals surface area (Å²) >= 11 is 1.68. The molecule has 2 aliphatic heterocycles. The van der Waals surface area contributed by atoms with Gasteiger partial charge in [0.1, 0.15) is 0 Å². The topological polar surface area (TPSA) is 50.5 Å². The lowest BCUT2D eigenvalue weighted by atomic mass is 9.95. The van der Waals surface area contributed by atoms with E-state index in [0.717, 1.165) is 29.8 Å². The third-order valence-electron chi connectivity index (χ3n) is 5.30. The Morgan fingerprint density at radius 3 is 2.84 bits per heavy atom. The van der Waals surface area contributed by atoms with Crippen LogP contribution in [-0.2, 0) is 16.4 Å². The van der Waals surface area contributed by atoms with E-state index in [2.05, 4.69) is 21.7 Å². The minimum absolute atomic E-state index is 0.0606. The number of fused-ring (bicyclic) bond motifs is 3. The zero-order valence-electron chi connectivity index (χ0n) is 13.5. The summed E-state index contributed by atoms with van der Waals surface area (Å²) in [5.41, 5.74) is 4.22. The molecule has 4 nitrogen and oxygen atoms in total. The highest BCUT2D eigenvalue weighted by Crippen LogP contribution is 2.46. The lowest BCUT2D eigenvalue weighted by molar-refractivity contribution is 0.326. The van der Waals surface area contributed by atoms with Crippen molar-refractivity contribution in [3.05, 3.63) is 64.7 Å². The van der Waals surface area contributed by atoms with Crippen molar-refractivity contribution in [1.29, 1.82) is 0 Å². The molecule has 3 aromatic rings. The molecule has 0 aliphatic carbocycles. The Bertz CT molecular complexity index is 1010. The summed E-state index contributed by atoms with van der Waals surface area (Å²) in [6.45, 7) is 2.23. The molecule has 2 aromatic heterocycles. The number of benzene rings is 1. The SMILES string of the molecule is O=S1(=O)c2ccc(-c3ccoc3)cc2C2CN(Cc3ccsc3)CC21. The molecular formula is C19H17NO3S2. The van der Waals surface area contributed by atoms with E-state index < -0.39 is 9.84 Å². The molecule has 6 heteroatoms. The van der Waals surface area contributed by atoms with Gasteiger partial charge in [-0.05, 0) is 51.7 Å². The molecule has 5 rings (SSSR count). The van der Waals surface area contributed by atoms with E-state index in [0.29, 0.717) is 11.4 Å². The van der Waals surface area contributed by atoms with Crippen LogP contribution in [0, 0.1) is 0 Å². The van der Waals surface area contributed by atoms with Crippen LogP contribution in [0.15, 0.2) is 62.9 Å². The smallest absolute Gasteiger partial charge is 0.183 e. The minimum atomic E-state index is -3.24. The molecular weight excluding hydrogens is 354 g/mol. The molecule has 0 amide bonds. The van der Waals surface area contributed by atoms with E-state index in [1.807, 2.05) is 18.2 Å². The van der Waals surface area contributed by atoms with Gasteiger partial charge in [-0.25, -0.2) is 8.42 Å². The van der Waals surface area contributed by atoms with Crippen LogP contribution in [0.5, 0.6) is 0 Å². The van der Waals surface area contributed by atoms with Gasteiger partial charge in [-0.1, -0.05) is 6.07 Å². The molecule has 0 bridgehead atoms. The lowest BCUT2D eigenvalue weighted by Crippen LogP contribution is -2.25. The average Bonchev–Trinajstić information content (AvgIpc) is 3.37. The summed E-state index contributed by atoms with van der Waals surface area (Å²) in [6.07, 6.45) is 3.33. The van der Waals surface area contributed by atoms with E-state index in [1.54, 1.807) is 29.9 Å². The average molecular weight is 371 g/mol. The first-order valence-electron chi connectivity index (χ1n) is 8.27. The van der Waals surface area contributed by atoms with Gasteiger partial charge in [0.15, 0.2) is 9.84 Å². The predicted octanol–water partition coefficient (Wildman–Crippen LogP) is 3.76. The number of thiophene rings is 1. The fourth-order valence-corrected chi connectivity index (χ4v) is 6.96. The number of likely N-dealkylation sites (tertiary alicyclic amines) is 1. The highest BCUT2D eigenvalue weighted by molar-refractivity contribution is 7.92. The van der Waals surface area contributed by atoms with Crippen LogP contribution in [0.1, 0.15) is 17.0 Å². The van der Waals surface area contributed by atoms with Crippen molar-refractivity contribution in [3.8, 4) is 11.1 Å². The molecule has 1 saturated heterocycles. The zero-order valence-corrected chi connectivity index (χ0v) is 15.1. The first kappa shape index (κ1) is 15.4. The molecule has 0 radical (unpaired) electrons. The van der Waals surface area contributed by atoms with E-state index in [9.17, 15) is 8.42 Å². The van der Waals surface area contributed by atoms with Crippen molar-refractivity contribution in [1.82, 2.24) is 4.90 Å². The second-order valence-corrected chi connectivity index (χ2v) is 9.70. The van der Waals surface area contributed by atoms with Gasteiger partial charge in [0.25, 0.3) is 0 Å². The summed E-state index contributed by atoms with van der Waals surface area (Å²) in [6, 6.07) is 9.70. The van der Waals surface area contributed by atoms with Gasteiger partial charge in [-0.3, -0.25) is 4.90 Å². The molecule has 2 unspecified atom stereocenters. The summed E-state index contributed by atoms with van der Waals surface area (Å²) in [7, 11) is -3.24. The third kappa shape index (κ3) is 2.39. The zero-order chi connectivity index (χ0) is 17.0. The highest BCUT2D eigenvalue weighted by atomic mass is 32.2. The number of rotatable bonds is 3. The first-order valence-corrected chi connectivity index (χ1v) is 10.8. The van der Waals surface area contributed by atoms with Crippen LogP contribution >= 0.6 is 11.3 Å². The lowest BCUT2D eigenvalue weighted by Gasteiger charge is -2.16. The van der Waals surface area contributed by atoms with Crippen LogP contribution in [-0.4, -0.2) is 31.7 Å². The molecule has 0 saturated carbocycles. The van der Waals surface area contributed by atoms with Crippen LogP contribution in [0.25, 0.3) is 11.1 Å². The molecule has 1 fully saturated rings. The van der Waals surface area contributed by atoms with E-state index in [-0.39, 0.29) is 11.2 Å². The van der Waals surface area contributed by atoms with Gasteiger partial charge in [0, 0.05) is 31.1 Å². The number of sulfone groups is 1. The maximum absolute atomic E-state index is 13.0. The van der Waals surface area contributed by atoms with Crippen molar-refractivity contribution < 1.29 is 12.8 Å². The molecule has 4 heterocycles. The molecule has 0 spiro atoms. The summed E-state index contributed by atoms with van der Waals surface area (Å²) in [5, 5.41) is 3.88. The second-order valence-electron chi connectivity index (χ2n) is 6.78. The quantitative estimate of drug-likeness (QED) is 0.703. The van der Waals surface area contributed by atoms with Crippen LogP contribution < -0.4 is 0 Å². The molecule has 128 valence electrons. The number of nitrogens with zero attached hydrogens (tertiary/aromatic N) is 1. The summed E-state index contributed by atoms with van der Waals surface area (Å²) in [5.74, 6) is 0.0606. The Labute approximate surface area is 150 Å². The van der Waals surface area contributed by atoms with Gasteiger partial charge in [-0.2, -0.15) is 11.3 Å². The Hall–Kier alpha value is -1.89. The number of hydrogen-bond donors (Lipinski definition) is 0. The minimum Gasteiger partial charge on any atom is -0.472 e. The monoisotopic (exact) mass is 371 g/mol. The van der Waals surface area contributed by atoms with E-state index >= 15 is 0 Å². The van der Waals surface area contributed by atoms with Gasteiger partial charge < -0.3 is 4.42 Å². The normalized spacial score (nSPS) is 24.3. The van der Waals surface area contributed by atoms with Gasteiger partial charge >= 0.3 is 0 Å². The van der Waals surface area contributed by atoms with Crippen LogP contribution in [0.3, 0.4) is 0 Å². The molecule has 0 N–H and O–H groups in total. The molecule has 25 heavy (non-hydrogen) atoms. The standard InChI is InChI=1S/C19H17NO3S2/c21-25(22)18-2-1-14(15-3-5-23-11-15)7-16(18)17-9-20(10-19(17)25)8-13-4-6-24-12-13/h1-7,11-12,17,19H,8-10H2. The van der Waals surface area contributed by atoms with Crippen molar-refractivity contribution in [2.75, 3.05) is 13.1 Å². The predicted molar refractivity (Wildman–Crippen MR) is 97.5 cm³/mol. The maximum atomic E-state index is 13.0. The molecule has 2 aliphatic rings. The van der Waals surface area contributed by atoms with Crippen molar-refractivity contribution in [2.45, 2.75) is 22.6 Å². The molecule has 2 atom stereocenters. The summed E-state index contributed by atoms with van der Waals surface area (Å²) < 4.78 is 31.1. The Kier molecular flexibility index (Phi) is 3.42. The fraction of sp³-hybridized carbons (Fsp3) is 0.263. The van der Waals surface area contributed by atoms with Gasteiger partial charge in [0.05, 0.1) is 22.7 Å². The van der Waals surface area contributed by atoms with E-state index in [4.69, 9.17) is 4.42 Å². The van der Waals surface area contributed by atoms with Crippen LogP contribution in [0.2, 0.25) is 0 Å². The number of furan rings is 1. The van der Waals surface area contributed by atoms with Crippen molar-refractivity contribution in [2.24, 2.45) is 0 Å². The Morgan fingerprint density at radius 1 is 1.16 bits per heavy atom. The summed E-state index contributed by atoms with van der Waals surface area (Å²) in [4.78, 5) is 2.78. The second kappa shape index (κ2) is 5.56. The van der Waals surface area contributed by atoms with Gasteiger partial charge in [-0.15, -0.1) is 0 Å². The fourth-order valence-electron chi connectivity index (χ4n) is 4.10. The van der Waals surface area contributed by atoms with Crippen molar-refractivity contribution in [3.63, 3.8) is 0 Å².